The Morgan fingerprint density at radius 1 is 1.23 bits per heavy atom. The van der Waals surface area contributed by atoms with E-state index in [4.69, 9.17) is 0 Å². The van der Waals surface area contributed by atoms with Gasteiger partial charge in [-0.3, -0.25) is 4.79 Å². The zero-order valence-corrected chi connectivity index (χ0v) is 15.7. The molecule has 0 bridgehead atoms. The average molecular weight is 369 g/mol. The van der Waals surface area contributed by atoms with E-state index >= 15 is 0 Å². The summed E-state index contributed by atoms with van der Waals surface area (Å²) in [6, 6.07) is 4.24. The van der Waals surface area contributed by atoms with E-state index in [2.05, 4.69) is 20.2 Å². The molecule has 1 aliphatic heterocycles. The molecule has 0 atom stereocenters. The Morgan fingerprint density at radius 2 is 2.08 bits per heavy atom. The van der Waals surface area contributed by atoms with Crippen molar-refractivity contribution in [2.24, 2.45) is 0 Å². The lowest BCUT2D eigenvalue weighted by Gasteiger charge is -2.34. The molecule has 26 heavy (non-hydrogen) atoms. The summed E-state index contributed by atoms with van der Waals surface area (Å²) < 4.78 is 0. The quantitative estimate of drug-likeness (QED) is 0.842. The van der Waals surface area contributed by atoms with Crippen LogP contribution in [0.3, 0.4) is 0 Å². The van der Waals surface area contributed by atoms with Crippen molar-refractivity contribution in [2.75, 3.05) is 18.0 Å². The topological polar surface area (TPSA) is 58.1 Å². The summed E-state index contributed by atoms with van der Waals surface area (Å²) >= 11 is 1.63. The molecule has 0 spiro atoms. The van der Waals surface area contributed by atoms with Gasteiger partial charge in [-0.05, 0) is 56.0 Å². The maximum Gasteiger partial charge on any atom is 0.244 e. The van der Waals surface area contributed by atoms with E-state index in [1.807, 2.05) is 23.6 Å². The van der Waals surface area contributed by atoms with Crippen LogP contribution in [0.15, 0.2) is 29.9 Å². The number of aromatic nitrogens is 2. The Bertz CT molecular complexity index is 779. The van der Waals surface area contributed by atoms with Crippen LogP contribution < -0.4 is 10.2 Å². The van der Waals surface area contributed by atoms with Crippen molar-refractivity contribution in [3.8, 4) is 0 Å². The van der Waals surface area contributed by atoms with Gasteiger partial charge < -0.3 is 10.2 Å². The van der Waals surface area contributed by atoms with Crippen molar-refractivity contribution in [3.05, 3.63) is 46.1 Å². The van der Waals surface area contributed by atoms with E-state index in [9.17, 15) is 4.79 Å². The van der Waals surface area contributed by atoms with Crippen LogP contribution in [0.4, 0.5) is 5.82 Å². The number of anilines is 1. The highest BCUT2D eigenvalue weighted by molar-refractivity contribution is 7.10. The summed E-state index contributed by atoms with van der Waals surface area (Å²) in [5.74, 6) is 1.12. The van der Waals surface area contributed by atoms with Crippen LogP contribution in [-0.4, -0.2) is 35.0 Å². The van der Waals surface area contributed by atoms with Gasteiger partial charge in [0.25, 0.3) is 0 Å². The molecule has 5 nitrogen and oxygen atoms in total. The molecule has 136 valence electrons. The van der Waals surface area contributed by atoms with Crippen LogP contribution in [-0.2, 0) is 17.6 Å². The van der Waals surface area contributed by atoms with Crippen LogP contribution in [0, 0.1) is 0 Å². The highest BCUT2D eigenvalue weighted by Crippen LogP contribution is 2.28. The standard InChI is InChI=1S/C20H24N4OS/c25-19(8-7-16-4-3-13-26-16)23-15-9-11-24(12-10-15)20-17-5-1-2-6-18(17)21-14-22-20/h3-4,7-8,13-15H,1-2,5-6,9-12H2,(H,23,25). The maximum absolute atomic E-state index is 12.1. The van der Waals surface area contributed by atoms with Gasteiger partial charge in [-0.25, -0.2) is 9.97 Å². The number of nitrogens with zero attached hydrogens (tertiary/aromatic N) is 3. The second kappa shape index (κ2) is 7.99. The monoisotopic (exact) mass is 368 g/mol. The lowest BCUT2D eigenvalue weighted by Crippen LogP contribution is -2.45. The van der Waals surface area contributed by atoms with E-state index in [1.54, 1.807) is 23.7 Å². The number of hydrogen-bond acceptors (Lipinski definition) is 5. The molecule has 2 aromatic rings. The molecule has 4 rings (SSSR count). The summed E-state index contributed by atoms with van der Waals surface area (Å²) in [4.78, 5) is 24.6. The zero-order valence-electron chi connectivity index (χ0n) is 14.9. The molecule has 1 saturated heterocycles. The van der Waals surface area contributed by atoms with Gasteiger partial charge in [0.15, 0.2) is 0 Å². The fraction of sp³-hybridized carbons (Fsp3) is 0.450. The second-order valence-electron chi connectivity index (χ2n) is 6.95. The summed E-state index contributed by atoms with van der Waals surface area (Å²) in [6.45, 7) is 1.87. The molecule has 1 N–H and O–H groups in total. The predicted octanol–water partition coefficient (Wildman–Crippen LogP) is 3.22. The van der Waals surface area contributed by atoms with Gasteiger partial charge in [-0.1, -0.05) is 6.07 Å². The first-order valence-electron chi connectivity index (χ1n) is 9.39. The van der Waals surface area contributed by atoms with E-state index in [0.29, 0.717) is 0 Å². The number of fused-ring (bicyclic) bond motifs is 1. The first kappa shape index (κ1) is 17.2. The molecule has 2 aromatic heterocycles. The van der Waals surface area contributed by atoms with Crippen LogP contribution >= 0.6 is 11.3 Å². The number of carbonyl (C=O) groups excluding carboxylic acids is 1. The minimum Gasteiger partial charge on any atom is -0.356 e. The number of piperidine rings is 1. The predicted molar refractivity (Wildman–Crippen MR) is 105 cm³/mol. The number of amides is 1. The molecule has 0 radical (unpaired) electrons. The van der Waals surface area contributed by atoms with E-state index in [-0.39, 0.29) is 11.9 Å². The first-order chi connectivity index (χ1) is 12.8. The fourth-order valence-corrected chi connectivity index (χ4v) is 4.42. The van der Waals surface area contributed by atoms with Gasteiger partial charge in [0.2, 0.25) is 5.91 Å². The molecule has 1 fully saturated rings. The largest absolute Gasteiger partial charge is 0.356 e. The normalized spacial score (nSPS) is 18.1. The maximum atomic E-state index is 12.1. The highest BCUT2D eigenvalue weighted by atomic mass is 32.1. The molecule has 2 aliphatic rings. The first-order valence-corrected chi connectivity index (χ1v) is 10.3. The number of thiophene rings is 1. The summed E-state index contributed by atoms with van der Waals surface area (Å²) in [5.41, 5.74) is 2.58. The number of nitrogens with one attached hydrogen (secondary N) is 1. The van der Waals surface area contributed by atoms with Crippen molar-refractivity contribution in [3.63, 3.8) is 0 Å². The number of aryl methyl sites for hydroxylation is 1. The van der Waals surface area contributed by atoms with E-state index in [1.165, 1.54) is 24.1 Å². The van der Waals surface area contributed by atoms with Gasteiger partial charge in [0.05, 0.1) is 0 Å². The number of rotatable bonds is 4. The van der Waals surface area contributed by atoms with Gasteiger partial charge in [-0.2, -0.15) is 0 Å². The summed E-state index contributed by atoms with van der Waals surface area (Å²) in [7, 11) is 0. The summed E-state index contributed by atoms with van der Waals surface area (Å²) in [5, 5.41) is 5.15. The van der Waals surface area contributed by atoms with Gasteiger partial charge in [0, 0.05) is 41.3 Å². The fourth-order valence-electron chi connectivity index (χ4n) is 3.81. The number of carbonyl (C=O) groups is 1. The lowest BCUT2D eigenvalue weighted by atomic mass is 9.95. The van der Waals surface area contributed by atoms with Gasteiger partial charge in [0.1, 0.15) is 12.1 Å². The molecule has 1 aliphatic carbocycles. The Kier molecular flexibility index (Phi) is 5.29. The molecule has 0 saturated carbocycles. The van der Waals surface area contributed by atoms with Crippen LogP contribution in [0.5, 0.6) is 0 Å². The third kappa shape index (κ3) is 3.96. The molecule has 1 amide bonds. The highest BCUT2D eigenvalue weighted by Gasteiger charge is 2.24. The molecular formula is C20H24N4OS. The van der Waals surface area contributed by atoms with Crippen LogP contribution in [0.25, 0.3) is 6.08 Å². The lowest BCUT2D eigenvalue weighted by molar-refractivity contribution is -0.117. The minimum absolute atomic E-state index is 0.00346. The van der Waals surface area contributed by atoms with Crippen LogP contribution in [0.2, 0.25) is 0 Å². The SMILES string of the molecule is O=C(C=Cc1cccs1)NC1CCN(c2ncnc3c2CCCC3)CC1. The van der Waals surface area contributed by atoms with Crippen molar-refractivity contribution in [2.45, 2.75) is 44.6 Å². The Morgan fingerprint density at radius 3 is 2.88 bits per heavy atom. The Labute approximate surface area is 158 Å². The molecule has 6 heteroatoms. The zero-order chi connectivity index (χ0) is 17.8. The van der Waals surface area contributed by atoms with Gasteiger partial charge >= 0.3 is 0 Å². The summed E-state index contributed by atoms with van der Waals surface area (Å²) in [6.07, 6.45) is 11.8. The number of hydrogen-bond donors (Lipinski definition) is 1. The van der Waals surface area contributed by atoms with Crippen molar-refractivity contribution < 1.29 is 4.79 Å². The Hall–Kier alpha value is -2.21. The minimum atomic E-state index is -0.00346. The molecular weight excluding hydrogens is 344 g/mol. The third-order valence-corrected chi connectivity index (χ3v) is 6.02. The van der Waals surface area contributed by atoms with Gasteiger partial charge in [-0.15, -0.1) is 11.3 Å². The third-order valence-electron chi connectivity index (χ3n) is 5.19. The van der Waals surface area contributed by atoms with Crippen molar-refractivity contribution >= 4 is 29.1 Å². The Balaban J connectivity index is 1.32. The molecule has 0 aromatic carbocycles. The van der Waals surface area contributed by atoms with E-state index in [0.717, 1.165) is 49.5 Å². The van der Waals surface area contributed by atoms with Crippen molar-refractivity contribution in [1.82, 2.24) is 15.3 Å². The van der Waals surface area contributed by atoms with Crippen molar-refractivity contribution in [1.29, 1.82) is 0 Å². The molecule has 3 heterocycles. The average Bonchev–Trinajstić information content (AvgIpc) is 3.20. The smallest absolute Gasteiger partial charge is 0.244 e. The molecule has 0 unspecified atom stereocenters. The second-order valence-corrected chi connectivity index (χ2v) is 7.93. The van der Waals surface area contributed by atoms with E-state index < -0.39 is 0 Å². The van der Waals surface area contributed by atoms with Crippen LogP contribution in [0.1, 0.15) is 41.8 Å².